The maximum Gasteiger partial charge on any atom is 0.348 e. The Morgan fingerprint density at radius 1 is 1.54 bits per heavy atom. The molecule has 0 radical (unpaired) electrons. The molecular weight excluding hydrogens is 190 g/mol. The average molecular weight is 199 g/mol. The second-order valence-corrected chi connectivity index (χ2v) is 3.84. The van der Waals surface area contributed by atoms with E-state index >= 15 is 0 Å². The number of aryl methyl sites for hydroxylation is 1. The van der Waals surface area contributed by atoms with Crippen molar-refractivity contribution in [3.63, 3.8) is 0 Å². The topological polar surface area (TPSA) is 66.4 Å². The van der Waals surface area contributed by atoms with Crippen molar-refractivity contribution in [1.82, 2.24) is 0 Å². The van der Waals surface area contributed by atoms with E-state index in [4.69, 9.17) is 5.11 Å². The smallest absolute Gasteiger partial charge is 0.348 e. The van der Waals surface area contributed by atoms with Gasteiger partial charge in [0.25, 0.3) is 0 Å². The van der Waals surface area contributed by atoms with Crippen molar-refractivity contribution in [2.45, 2.75) is 13.8 Å². The summed E-state index contributed by atoms with van der Waals surface area (Å²) in [6.45, 7) is 3.14. The quantitative estimate of drug-likeness (QED) is 0.762. The highest BCUT2D eigenvalue weighted by Crippen LogP contribution is 2.26. The van der Waals surface area contributed by atoms with Crippen molar-refractivity contribution >= 4 is 28.9 Å². The van der Waals surface area contributed by atoms with Crippen molar-refractivity contribution in [2.75, 3.05) is 5.32 Å². The summed E-state index contributed by atoms with van der Waals surface area (Å²) in [5.41, 5.74) is 0.377. The number of carbonyl (C=O) groups excluding carboxylic acids is 1. The molecule has 0 aliphatic rings. The molecule has 0 bridgehead atoms. The number of anilines is 1. The molecule has 0 aliphatic heterocycles. The number of thiophene rings is 1. The van der Waals surface area contributed by atoms with Crippen LogP contribution in [0.15, 0.2) is 6.07 Å². The van der Waals surface area contributed by atoms with Gasteiger partial charge in [-0.05, 0) is 13.0 Å². The van der Waals surface area contributed by atoms with Gasteiger partial charge >= 0.3 is 5.97 Å². The number of hydrogen-bond donors (Lipinski definition) is 2. The Kier molecular flexibility index (Phi) is 2.67. The van der Waals surface area contributed by atoms with E-state index in [0.717, 1.165) is 16.2 Å². The number of hydrogen-bond acceptors (Lipinski definition) is 3. The first-order chi connectivity index (χ1) is 6.00. The molecule has 0 unspecified atom stereocenters. The predicted molar refractivity (Wildman–Crippen MR) is 50.3 cm³/mol. The molecule has 0 spiro atoms. The molecular formula is C8H9NO3S. The van der Waals surface area contributed by atoms with Gasteiger partial charge in [0.05, 0.1) is 5.69 Å². The van der Waals surface area contributed by atoms with Crippen LogP contribution in [0.3, 0.4) is 0 Å². The maximum absolute atomic E-state index is 10.7. The van der Waals surface area contributed by atoms with Gasteiger partial charge in [0.15, 0.2) is 0 Å². The normalized spacial score (nSPS) is 9.69. The van der Waals surface area contributed by atoms with Gasteiger partial charge in [-0.1, -0.05) is 0 Å². The standard InChI is InChI=1S/C8H9NO3S/c1-4-3-6(9-5(2)10)7(13-4)8(11)12/h3H,1-2H3,(H,9,10)(H,11,12). The molecule has 1 aromatic heterocycles. The lowest BCUT2D eigenvalue weighted by Crippen LogP contribution is -2.08. The summed E-state index contributed by atoms with van der Waals surface area (Å²) in [7, 11) is 0. The lowest BCUT2D eigenvalue weighted by molar-refractivity contribution is -0.114. The van der Waals surface area contributed by atoms with Gasteiger partial charge < -0.3 is 10.4 Å². The zero-order valence-corrected chi connectivity index (χ0v) is 8.07. The summed E-state index contributed by atoms with van der Waals surface area (Å²) in [5, 5.41) is 11.2. The van der Waals surface area contributed by atoms with Crippen molar-refractivity contribution in [2.24, 2.45) is 0 Å². The Morgan fingerprint density at radius 2 is 2.15 bits per heavy atom. The first-order valence-corrected chi connectivity index (χ1v) is 4.43. The summed E-state index contributed by atoms with van der Waals surface area (Å²) in [6.07, 6.45) is 0. The largest absolute Gasteiger partial charge is 0.477 e. The van der Waals surface area contributed by atoms with E-state index in [2.05, 4.69) is 5.32 Å². The number of carboxylic acids is 1. The van der Waals surface area contributed by atoms with Crippen LogP contribution >= 0.6 is 11.3 Å². The van der Waals surface area contributed by atoms with Crippen molar-refractivity contribution in [1.29, 1.82) is 0 Å². The van der Waals surface area contributed by atoms with Gasteiger partial charge in [0.1, 0.15) is 4.88 Å². The third kappa shape index (κ3) is 2.29. The summed E-state index contributed by atoms with van der Waals surface area (Å²) in [6, 6.07) is 1.65. The molecule has 13 heavy (non-hydrogen) atoms. The molecule has 1 rings (SSSR count). The number of carboxylic acid groups (broad SMARTS) is 1. The molecule has 1 heterocycles. The van der Waals surface area contributed by atoms with E-state index in [1.54, 1.807) is 13.0 Å². The Balaban J connectivity index is 3.04. The minimum absolute atomic E-state index is 0.174. The van der Waals surface area contributed by atoms with E-state index in [1.807, 2.05) is 0 Å². The number of aromatic carboxylic acids is 1. The van der Waals surface area contributed by atoms with Crippen molar-refractivity contribution < 1.29 is 14.7 Å². The fourth-order valence-corrected chi connectivity index (χ4v) is 1.76. The van der Waals surface area contributed by atoms with Crippen LogP contribution in [-0.2, 0) is 4.79 Å². The molecule has 70 valence electrons. The van der Waals surface area contributed by atoms with Crippen LogP contribution in [0.4, 0.5) is 5.69 Å². The molecule has 0 saturated carbocycles. The fraction of sp³-hybridized carbons (Fsp3) is 0.250. The monoisotopic (exact) mass is 199 g/mol. The Bertz CT molecular complexity index is 356. The van der Waals surface area contributed by atoms with Crippen LogP contribution in [0, 0.1) is 6.92 Å². The minimum atomic E-state index is -1.01. The van der Waals surface area contributed by atoms with Crippen LogP contribution in [0.1, 0.15) is 21.5 Å². The molecule has 1 amide bonds. The predicted octanol–water partition coefficient (Wildman–Crippen LogP) is 1.71. The van der Waals surface area contributed by atoms with Crippen LogP contribution in [0.2, 0.25) is 0 Å². The van der Waals surface area contributed by atoms with Crippen molar-refractivity contribution in [3.8, 4) is 0 Å². The van der Waals surface area contributed by atoms with Gasteiger partial charge in [0, 0.05) is 11.8 Å². The zero-order chi connectivity index (χ0) is 10.0. The van der Waals surface area contributed by atoms with Gasteiger partial charge in [0.2, 0.25) is 5.91 Å². The molecule has 4 nitrogen and oxygen atoms in total. The first-order valence-electron chi connectivity index (χ1n) is 3.62. The zero-order valence-electron chi connectivity index (χ0n) is 7.25. The van der Waals surface area contributed by atoms with Crippen LogP contribution in [-0.4, -0.2) is 17.0 Å². The van der Waals surface area contributed by atoms with E-state index in [0.29, 0.717) is 5.69 Å². The number of nitrogens with one attached hydrogen (secondary N) is 1. The molecule has 1 aromatic rings. The van der Waals surface area contributed by atoms with Crippen LogP contribution < -0.4 is 5.32 Å². The van der Waals surface area contributed by atoms with Gasteiger partial charge in [-0.25, -0.2) is 4.79 Å². The molecule has 0 aliphatic carbocycles. The summed E-state index contributed by atoms with van der Waals surface area (Å²) < 4.78 is 0. The number of carbonyl (C=O) groups is 2. The molecule has 0 saturated heterocycles. The minimum Gasteiger partial charge on any atom is -0.477 e. The van der Waals surface area contributed by atoms with Gasteiger partial charge in [-0.2, -0.15) is 0 Å². The van der Waals surface area contributed by atoms with E-state index in [1.165, 1.54) is 6.92 Å². The molecule has 2 N–H and O–H groups in total. The molecule has 0 fully saturated rings. The summed E-state index contributed by atoms with van der Waals surface area (Å²) in [5.74, 6) is -1.28. The first kappa shape index (κ1) is 9.73. The number of rotatable bonds is 2. The van der Waals surface area contributed by atoms with Gasteiger partial charge in [-0.15, -0.1) is 11.3 Å². The highest BCUT2D eigenvalue weighted by atomic mass is 32.1. The van der Waals surface area contributed by atoms with Crippen LogP contribution in [0.5, 0.6) is 0 Å². The van der Waals surface area contributed by atoms with E-state index in [9.17, 15) is 9.59 Å². The lowest BCUT2D eigenvalue weighted by Gasteiger charge is -1.98. The second-order valence-electron chi connectivity index (χ2n) is 2.59. The van der Waals surface area contributed by atoms with Crippen molar-refractivity contribution in [3.05, 3.63) is 15.8 Å². The molecule has 0 aromatic carbocycles. The summed E-state index contributed by atoms with van der Waals surface area (Å²) in [4.78, 5) is 22.4. The maximum atomic E-state index is 10.7. The third-order valence-electron chi connectivity index (χ3n) is 1.36. The second kappa shape index (κ2) is 3.57. The third-order valence-corrected chi connectivity index (χ3v) is 2.40. The molecule has 0 atom stereocenters. The van der Waals surface area contributed by atoms with Gasteiger partial charge in [-0.3, -0.25) is 4.79 Å². The fourth-order valence-electron chi connectivity index (χ4n) is 0.956. The highest BCUT2D eigenvalue weighted by molar-refractivity contribution is 7.14. The summed E-state index contributed by atoms with van der Waals surface area (Å²) >= 11 is 1.15. The average Bonchev–Trinajstić information content (AvgIpc) is 2.29. The highest BCUT2D eigenvalue weighted by Gasteiger charge is 2.14. The van der Waals surface area contributed by atoms with E-state index < -0.39 is 5.97 Å². The molecule has 5 heteroatoms. The Hall–Kier alpha value is -1.36. The lowest BCUT2D eigenvalue weighted by atomic mass is 10.3. The number of amides is 1. The Labute approximate surface area is 79.2 Å². The van der Waals surface area contributed by atoms with E-state index in [-0.39, 0.29) is 10.8 Å². The van der Waals surface area contributed by atoms with Crippen LogP contribution in [0.25, 0.3) is 0 Å². The SMILES string of the molecule is CC(=O)Nc1cc(C)sc1C(=O)O. The Morgan fingerprint density at radius 3 is 2.62 bits per heavy atom.